The van der Waals surface area contributed by atoms with Crippen LogP contribution in [0, 0.1) is 11.8 Å². The normalized spacial score (nSPS) is 20.6. The smallest absolute Gasteiger partial charge is 0.338 e. The van der Waals surface area contributed by atoms with Crippen LogP contribution in [0.4, 0.5) is 0 Å². The van der Waals surface area contributed by atoms with Gasteiger partial charge in [-0.1, -0.05) is 31.1 Å². The first-order valence-electron chi connectivity index (χ1n) is 9.64. The first-order valence-corrected chi connectivity index (χ1v) is 12.1. The fourth-order valence-corrected chi connectivity index (χ4v) is 6.24. The summed E-state index contributed by atoms with van der Waals surface area (Å²) >= 11 is 0. The lowest BCUT2D eigenvalue weighted by Crippen LogP contribution is -2.35. The van der Waals surface area contributed by atoms with Gasteiger partial charge in [0.1, 0.15) is 0 Å². The van der Waals surface area contributed by atoms with Gasteiger partial charge in [-0.25, -0.2) is 9.00 Å². The Morgan fingerprint density at radius 2 is 1.81 bits per heavy atom. The topological polar surface area (TPSA) is 63.6 Å². The molecule has 2 fully saturated rings. The molecule has 1 N–H and O–H groups in total. The Balaban J connectivity index is 1.87. The molecule has 0 heterocycles. The van der Waals surface area contributed by atoms with Crippen molar-refractivity contribution in [2.75, 3.05) is 18.6 Å². The van der Waals surface area contributed by atoms with E-state index in [0.29, 0.717) is 34.7 Å². The second-order valence-corrected chi connectivity index (χ2v) is 11.7. The van der Waals surface area contributed by atoms with E-state index in [-0.39, 0.29) is 5.97 Å². The molecule has 0 aromatic heterocycles. The molecule has 0 atom stereocenters. The molecule has 1 aromatic carbocycles. The van der Waals surface area contributed by atoms with Gasteiger partial charge in [0.15, 0.2) is 0 Å². The molecule has 0 saturated heterocycles. The maximum Gasteiger partial charge on any atom is 0.338 e. The van der Waals surface area contributed by atoms with Crippen LogP contribution in [-0.2, 0) is 18.9 Å². The van der Waals surface area contributed by atoms with Gasteiger partial charge in [0.2, 0.25) is 0 Å². The first kappa shape index (κ1) is 19.3. The number of carbonyl (C=O) groups excluding carboxylic acids is 1. The highest BCUT2D eigenvalue weighted by atomic mass is 32.3. The minimum absolute atomic E-state index is 0.316. The minimum Gasteiger partial charge on any atom is -0.462 e. The standard InChI is InChI=1S/C21H30O4S/c1-3-25-21(22)20(14-16-6-4-5-7-16)18-10-12-19(13-11-18)26(2,23,24)15-17-8-9-17/h10-14,16-17H,3-9,15H2,1-2H3,(H,23,24)/b20-14+. The monoisotopic (exact) mass is 378 g/mol. The molecule has 1 aromatic rings. The van der Waals surface area contributed by atoms with Crippen LogP contribution in [0.25, 0.3) is 5.57 Å². The van der Waals surface area contributed by atoms with E-state index in [2.05, 4.69) is 0 Å². The third-order valence-electron chi connectivity index (χ3n) is 5.39. The number of benzene rings is 1. The molecule has 2 aliphatic carbocycles. The Morgan fingerprint density at radius 3 is 2.35 bits per heavy atom. The number of allylic oxidation sites excluding steroid dienone is 1. The number of rotatable bonds is 7. The van der Waals surface area contributed by atoms with Crippen LogP contribution in [0.3, 0.4) is 0 Å². The van der Waals surface area contributed by atoms with E-state index in [9.17, 15) is 13.6 Å². The molecule has 144 valence electrons. The summed E-state index contributed by atoms with van der Waals surface area (Å²) < 4.78 is 29.1. The van der Waals surface area contributed by atoms with Crippen LogP contribution >= 0.6 is 0 Å². The third kappa shape index (κ3) is 4.63. The maximum absolute atomic E-state index is 13.1. The molecule has 26 heavy (non-hydrogen) atoms. The van der Waals surface area contributed by atoms with Crippen molar-refractivity contribution in [3.63, 3.8) is 0 Å². The number of carbonyl (C=O) groups is 1. The summed E-state index contributed by atoms with van der Waals surface area (Å²) in [7, 11) is -3.81. The lowest BCUT2D eigenvalue weighted by molar-refractivity contribution is -0.136. The van der Waals surface area contributed by atoms with Crippen LogP contribution in [0.1, 0.15) is 51.0 Å². The summed E-state index contributed by atoms with van der Waals surface area (Å²) in [5.41, 5.74) is 1.33. The van der Waals surface area contributed by atoms with Crippen molar-refractivity contribution in [2.45, 2.75) is 50.3 Å². The van der Waals surface area contributed by atoms with Gasteiger partial charge < -0.3 is 4.74 Å². The van der Waals surface area contributed by atoms with E-state index >= 15 is 0 Å². The summed E-state index contributed by atoms with van der Waals surface area (Å²) in [5, 5.41) is 0. The molecular weight excluding hydrogens is 348 g/mol. The summed E-state index contributed by atoms with van der Waals surface area (Å²) in [5.74, 6) is 0.786. The fraction of sp³-hybridized carbons (Fsp3) is 0.571. The zero-order chi connectivity index (χ0) is 18.8. The van der Waals surface area contributed by atoms with E-state index in [1.807, 2.05) is 6.08 Å². The molecule has 0 aliphatic heterocycles. The fourth-order valence-electron chi connectivity index (χ4n) is 3.77. The average Bonchev–Trinajstić information content (AvgIpc) is 3.22. The largest absolute Gasteiger partial charge is 0.462 e. The lowest BCUT2D eigenvalue weighted by atomic mass is 9.99. The van der Waals surface area contributed by atoms with Gasteiger partial charge in [-0.05, 0) is 62.1 Å². The number of hydrogen-bond acceptors (Lipinski definition) is 3. The Hall–Kier alpha value is -1.46. The summed E-state index contributed by atoms with van der Waals surface area (Å²) in [4.78, 5) is 12.9. The molecule has 3 rings (SSSR count). The molecule has 0 spiro atoms. The lowest BCUT2D eigenvalue weighted by Gasteiger charge is -2.39. The molecular formula is C21H30O4S. The Morgan fingerprint density at radius 1 is 1.19 bits per heavy atom. The predicted octanol–water partition coefficient (Wildman–Crippen LogP) is 4.52. The zero-order valence-corrected chi connectivity index (χ0v) is 16.6. The molecule has 4 nitrogen and oxygen atoms in total. The molecule has 2 saturated carbocycles. The summed E-state index contributed by atoms with van der Waals surface area (Å²) in [6.45, 7) is 2.14. The molecule has 0 radical (unpaired) electrons. The van der Waals surface area contributed by atoms with E-state index in [1.165, 1.54) is 19.1 Å². The van der Waals surface area contributed by atoms with Gasteiger partial charge in [-0.2, -0.15) is 9.35 Å². The van der Waals surface area contributed by atoms with Crippen LogP contribution in [-0.4, -0.2) is 33.3 Å². The SMILES string of the molecule is CCOC(=O)/C(=C/C1CCCC1)c1ccc(S(C)(=O)(O)CC2CC2)cc1. The van der Waals surface area contributed by atoms with Crippen molar-refractivity contribution in [2.24, 2.45) is 11.8 Å². The quantitative estimate of drug-likeness (QED) is 0.560. The molecule has 0 unspecified atom stereocenters. The number of hydrogen-bond donors (Lipinski definition) is 1. The predicted molar refractivity (Wildman–Crippen MR) is 106 cm³/mol. The van der Waals surface area contributed by atoms with E-state index in [0.717, 1.165) is 31.2 Å². The summed E-state index contributed by atoms with van der Waals surface area (Å²) in [6, 6.07) is 6.98. The van der Waals surface area contributed by atoms with E-state index in [1.54, 1.807) is 31.2 Å². The maximum atomic E-state index is 13.1. The third-order valence-corrected chi connectivity index (χ3v) is 8.13. The van der Waals surface area contributed by atoms with Crippen molar-refractivity contribution >= 4 is 20.9 Å². The molecule has 5 heteroatoms. The van der Waals surface area contributed by atoms with Crippen LogP contribution < -0.4 is 0 Å². The number of ether oxygens (including phenoxy) is 1. The van der Waals surface area contributed by atoms with Crippen LogP contribution in [0.5, 0.6) is 0 Å². The van der Waals surface area contributed by atoms with Crippen molar-refractivity contribution in [1.82, 2.24) is 0 Å². The van der Waals surface area contributed by atoms with Gasteiger partial charge in [0.25, 0.3) is 0 Å². The van der Waals surface area contributed by atoms with Gasteiger partial charge in [0.05, 0.1) is 17.1 Å². The highest BCUT2D eigenvalue weighted by Crippen LogP contribution is 2.40. The highest BCUT2D eigenvalue weighted by molar-refractivity contribution is 8.14. The highest BCUT2D eigenvalue weighted by Gasteiger charge is 2.34. The summed E-state index contributed by atoms with van der Waals surface area (Å²) in [6.07, 6.45) is 10.2. The van der Waals surface area contributed by atoms with E-state index < -0.39 is 9.35 Å². The van der Waals surface area contributed by atoms with Crippen LogP contribution in [0.15, 0.2) is 35.2 Å². The van der Waals surface area contributed by atoms with Gasteiger partial charge in [-0.3, -0.25) is 4.55 Å². The van der Waals surface area contributed by atoms with Crippen LogP contribution in [0.2, 0.25) is 0 Å². The molecule has 0 amide bonds. The number of esters is 1. The Labute approximate surface area is 156 Å². The van der Waals surface area contributed by atoms with Crippen molar-refractivity contribution in [1.29, 1.82) is 0 Å². The first-order chi connectivity index (χ1) is 12.3. The molecule has 0 bridgehead atoms. The molecule has 2 aliphatic rings. The second-order valence-electron chi connectivity index (χ2n) is 7.96. The Bertz CT molecular complexity index is 747. The Kier molecular flexibility index (Phi) is 5.40. The van der Waals surface area contributed by atoms with Crippen molar-refractivity contribution < 1.29 is 18.3 Å². The van der Waals surface area contributed by atoms with E-state index in [4.69, 9.17) is 4.74 Å². The van der Waals surface area contributed by atoms with Crippen molar-refractivity contribution in [3.8, 4) is 0 Å². The average molecular weight is 379 g/mol. The second kappa shape index (κ2) is 7.28. The van der Waals surface area contributed by atoms with Gasteiger partial charge in [-0.15, -0.1) is 0 Å². The van der Waals surface area contributed by atoms with Gasteiger partial charge >= 0.3 is 5.97 Å². The van der Waals surface area contributed by atoms with Gasteiger partial charge in [0, 0.05) is 12.0 Å². The minimum atomic E-state index is -3.81. The zero-order valence-electron chi connectivity index (χ0n) is 15.8. The van der Waals surface area contributed by atoms with Crippen molar-refractivity contribution in [3.05, 3.63) is 35.9 Å².